The Labute approximate surface area is 143 Å². The Hall–Kier alpha value is -3.42. The number of carbonyl (C=O) groups excluding carboxylic acids is 1. The molecule has 0 aliphatic heterocycles. The lowest BCUT2D eigenvalue weighted by molar-refractivity contribution is 0.0958. The van der Waals surface area contributed by atoms with Crippen molar-refractivity contribution in [1.82, 2.24) is 20.1 Å². The summed E-state index contributed by atoms with van der Waals surface area (Å²) in [4.78, 5) is 24.6. The zero-order chi connectivity index (χ0) is 18.0. The van der Waals surface area contributed by atoms with E-state index in [1.807, 2.05) is 18.2 Å². The van der Waals surface area contributed by atoms with Crippen molar-refractivity contribution in [1.29, 1.82) is 0 Å². The quantitative estimate of drug-likeness (QED) is 0.666. The molecule has 0 radical (unpaired) electrons. The topological polar surface area (TPSA) is 101 Å². The minimum absolute atomic E-state index is 0.127. The summed E-state index contributed by atoms with van der Waals surface area (Å²) in [5.74, 6) is 0.133. The third-order valence-electron chi connectivity index (χ3n) is 3.87. The number of amides is 1. The summed E-state index contributed by atoms with van der Waals surface area (Å²) < 4.78 is 1.51. The molecule has 0 saturated heterocycles. The van der Waals surface area contributed by atoms with Crippen molar-refractivity contribution in [2.45, 2.75) is 0 Å². The number of aryl methyl sites for hydroxylation is 1. The molecule has 1 amide bonds. The van der Waals surface area contributed by atoms with Crippen LogP contribution in [0.1, 0.15) is 10.5 Å². The van der Waals surface area contributed by atoms with E-state index in [0.29, 0.717) is 22.6 Å². The van der Waals surface area contributed by atoms with E-state index in [9.17, 15) is 9.59 Å². The number of hydrogen-bond acceptors (Lipinski definition) is 6. The number of carbonyl (C=O) groups is 1. The second kappa shape index (κ2) is 6.60. The number of nitrogens with one attached hydrogen (secondary N) is 3. The molecular weight excluding hydrogens is 320 g/mol. The van der Waals surface area contributed by atoms with Gasteiger partial charge in [0.05, 0.1) is 16.8 Å². The summed E-state index contributed by atoms with van der Waals surface area (Å²) in [7, 11) is 4.93. The maximum absolute atomic E-state index is 12.5. The van der Waals surface area contributed by atoms with Gasteiger partial charge in [-0.2, -0.15) is 0 Å². The molecule has 128 valence electrons. The Morgan fingerprint density at radius 1 is 1.12 bits per heavy atom. The summed E-state index contributed by atoms with van der Waals surface area (Å²) in [5, 5.41) is 17.8. The minimum atomic E-state index is -0.370. The summed E-state index contributed by atoms with van der Waals surface area (Å²) in [6.45, 7) is 0. The van der Waals surface area contributed by atoms with Crippen LogP contribution in [0.5, 0.6) is 0 Å². The van der Waals surface area contributed by atoms with Gasteiger partial charge >= 0.3 is 0 Å². The molecule has 0 unspecified atom stereocenters. The van der Waals surface area contributed by atoms with Gasteiger partial charge in [-0.15, -0.1) is 10.2 Å². The van der Waals surface area contributed by atoms with Crippen LogP contribution in [0.2, 0.25) is 0 Å². The first-order chi connectivity index (χ1) is 12.0. The fourth-order valence-electron chi connectivity index (χ4n) is 2.53. The van der Waals surface area contributed by atoms with Crippen molar-refractivity contribution in [3.8, 4) is 0 Å². The van der Waals surface area contributed by atoms with E-state index >= 15 is 0 Å². The molecule has 25 heavy (non-hydrogen) atoms. The zero-order valence-corrected chi connectivity index (χ0v) is 14.1. The third-order valence-corrected chi connectivity index (χ3v) is 3.87. The van der Waals surface area contributed by atoms with Crippen LogP contribution in [0.4, 0.5) is 17.2 Å². The predicted octanol–water partition coefficient (Wildman–Crippen LogP) is 1.47. The largest absolute Gasteiger partial charge is 0.372 e. The zero-order valence-electron chi connectivity index (χ0n) is 14.1. The number of anilines is 3. The second-order valence-electron chi connectivity index (χ2n) is 5.45. The van der Waals surface area contributed by atoms with Crippen LogP contribution in [0, 0.1) is 0 Å². The highest BCUT2D eigenvalue weighted by Gasteiger charge is 2.16. The number of aromatic nitrogens is 3. The van der Waals surface area contributed by atoms with Crippen molar-refractivity contribution >= 4 is 33.9 Å². The first-order valence-corrected chi connectivity index (χ1v) is 7.68. The van der Waals surface area contributed by atoms with Crippen LogP contribution >= 0.6 is 0 Å². The van der Waals surface area contributed by atoms with E-state index in [2.05, 4.69) is 26.1 Å². The maximum atomic E-state index is 12.5. The molecule has 0 fully saturated rings. The number of rotatable bonds is 4. The standard InChI is InChI=1S/C17H18N6O2/c1-18-13-9-12(15(22-21-13)16(24)19-2)20-11-6-4-5-10-7-8-23(3)17(25)14(10)11/h4-9H,1-3H3,(H,19,24)(H2,18,20,21). The van der Waals surface area contributed by atoms with Gasteiger partial charge in [-0.25, -0.2) is 0 Å². The molecule has 3 aromatic rings. The maximum Gasteiger partial charge on any atom is 0.273 e. The highest BCUT2D eigenvalue weighted by atomic mass is 16.2. The molecule has 0 atom stereocenters. The van der Waals surface area contributed by atoms with Gasteiger partial charge in [-0.1, -0.05) is 12.1 Å². The van der Waals surface area contributed by atoms with Gasteiger partial charge < -0.3 is 20.5 Å². The second-order valence-corrected chi connectivity index (χ2v) is 5.45. The highest BCUT2D eigenvalue weighted by Crippen LogP contribution is 2.26. The van der Waals surface area contributed by atoms with Crippen LogP contribution in [0.25, 0.3) is 10.8 Å². The van der Waals surface area contributed by atoms with Crippen LogP contribution in [-0.2, 0) is 7.05 Å². The number of hydrogen-bond donors (Lipinski definition) is 3. The van der Waals surface area contributed by atoms with Gasteiger partial charge in [-0.3, -0.25) is 9.59 Å². The summed E-state index contributed by atoms with van der Waals surface area (Å²) in [5.41, 5.74) is 1.07. The van der Waals surface area contributed by atoms with Gasteiger partial charge in [0.2, 0.25) is 0 Å². The van der Waals surface area contributed by atoms with E-state index < -0.39 is 0 Å². The Kier molecular flexibility index (Phi) is 4.34. The van der Waals surface area contributed by atoms with E-state index in [4.69, 9.17) is 0 Å². The van der Waals surface area contributed by atoms with E-state index in [-0.39, 0.29) is 17.2 Å². The molecule has 8 heteroatoms. The molecule has 8 nitrogen and oxygen atoms in total. The summed E-state index contributed by atoms with van der Waals surface area (Å²) in [6.07, 6.45) is 1.72. The molecule has 3 rings (SSSR count). The number of nitrogens with zero attached hydrogens (tertiary/aromatic N) is 3. The van der Waals surface area contributed by atoms with Crippen molar-refractivity contribution in [3.63, 3.8) is 0 Å². The first kappa shape index (κ1) is 16.4. The molecule has 0 aliphatic rings. The van der Waals surface area contributed by atoms with E-state index in [1.165, 1.54) is 11.6 Å². The van der Waals surface area contributed by atoms with Gasteiger partial charge in [0, 0.05) is 33.4 Å². The number of fused-ring (bicyclic) bond motifs is 1. The monoisotopic (exact) mass is 338 g/mol. The lowest BCUT2D eigenvalue weighted by Gasteiger charge is -2.13. The van der Waals surface area contributed by atoms with E-state index in [1.54, 1.807) is 32.4 Å². The van der Waals surface area contributed by atoms with Crippen LogP contribution < -0.4 is 21.5 Å². The average molecular weight is 338 g/mol. The summed E-state index contributed by atoms with van der Waals surface area (Å²) in [6, 6.07) is 9.04. The van der Waals surface area contributed by atoms with Gasteiger partial charge in [-0.05, 0) is 17.5 Å². The van der Waals surface area contributed by atoms with Crippen molar-refractivity contribution in [2.75, 3.05) is 24.7 Å². The predicted molar refractivity (Wildman–Crippen MR) is 97.4 cm³/mol. The smallest absolute Gasteiger partial charge is 0.273 e. The average Bonchev–Trinajstić information content (AvgIpc) is 2.64. The fourth-order valence-corrected chi connectivity index (χ4v) is 2.53. The molecule has 0 saturated carbocycles. The van der Waals surface area contributed by atoms with Crippen molar-refractivity contribution < 1.29 is 4.79 Å². The van der Waals surface area contributed by atoms with Crippen molar-refractivity contribution in [2.24, 2.45) is 7.05 Å². The molecule has 3 N–H and O–H groups in total. The third kappa shape index (κ3) is 3.01. The molecule has 2 heterocycles. The molecule has 2 aromatic heterocycles. The van der Waals surface area contributed by atoms with Crippen molar-refractivity contribution in [3.05, 3.63) is 52.6 Å². The highest BCUT2D eigenvalue weighted by molar-refractivity contribution is 6.01. The van der Waals surface area contributed by atoms with Gasteiger partial charge in [0.15, 0.2) is 11.5 Å². The molecular formula is C17H18N6O2. The summed E-state index contributed by atoms with van der Waals surface area (Å²) >= 11 is 0. The van der Waals surface area contributed by atoms with Crippen LogP contribution in [-0.4, -0.2) is 34.8 Å². The molecule has 0 spiro atoms. The Morgan fingerprint density at radius 3 is 2.64 bits per heavy atom. The molecule has 0 bridgehead atoms. The van der Waals surface area contributed by atoms with Crippen LogP contribution in [0.15, 0.2) is 41.3 Å². The fraction of sp³-hybridized carbons (Fsp3) is 0.176. The number of benzene rings is 1. The van der Waals surface area contributed by atoms with Gasteiger partial charge in [0.1, 0.15) is 0 Å². The lowest BCUT2D eigenvalue weighted by Crippen LogP contribution is -2.22. The number of pyridine rings is 1. The lowest BCUT2D eigenvalue weighted by atomic mass is 10.1. The Morgan fingerprint density at radius 2 is 1.92 bits per heavy atom. The normalized spacial score (nSPS) is 10.5. The van der Waals surface area contributed by atoms with E-state index in [0.717, 1.165) is 5.39 Å². The van der Waals surface area contributed by atoms with Gasteiger partial charge in [0.25, 0.3) is 11.5 Å². The SMILES string of the molecule is CNC(=O)c1nnc(NC)cc1Nc1cccc2ccn(C)c(=O)c12. The first-order valence-electron chi connectivity index (χ1n) is 7.68. The van der Waals surface area contributed by atoms with Crippen LogP contribution in [0.3, 0.4) is 0 Å². The Bertz CT molecular complexity index is 1010. The Balaban J connectivity index is 2.18. The molecule has 1 aromatic carbocycles. The minimum Gasteiger partial charge on any atom is -0.372 e. The molecule has 0 aliphatic carbocycles.